The zero-order valence-electron chi connectivity index (χ0n) is 11.5. The summed E-state index contributed by atoms with van der Waals surface area (Å²) in [6, 6.07) is 1.91. The Balaban J connectivity index is 2.56. The normalized spacial score (nSPS) is 10.7. The Bertz CT molecular complexity index is 624. The van der Waals surface area contributed by atoms with Gasteiger partial charge in [-0.1, -0.05) is 0 Å². The summed E-state index contributed by atoms with van der Waals surface area (Å²) in [6.07, 6.45) is 1.72. The SMILES string of the molecule is CCNc1nc(-c2ncc(Br)cc2Br)nc(COC)c1Br. The van der Waals surface area contributed by atoms with Crippen molar-refractivity contribution < 1.29 is 4.74 Å². The predicted molar refractivity (Wildman–Crippen MR) is 93.2 cm³/mol. The second-order valence-corrected chi connectivity index (χ2v) is 6.67. The second kappa shape index (κ2) is 7.62. The zero-order chi connectivity index (χ0) is 15.4. The third kappa shape index (κ3) is 4.00. The molecule has 0 aliphatic rings. The Morgan fingerprint density at radius 2 is 2.00 bits per heavy atom. The molecule has 0 unspecified atom stereocenters. The minimum absolute atomic E-state index is 0.392. The topological polar surface area (TPSA) is 59.9 Å². The van der Waals surface area contributed by atoms with Gasteiger partial charge in [0.05, 0.1) is 16.8 Å². The first-order chi connectivity index (χ1) is 10.1. The first-order valence-electron chi connectivity index (χ1n) is 6.17. The van der Waals surface area contributed by atoms with E-state index in [1.165, 1.54) is 0 Å². The molecule has 2 rings (SSSR count). The van der Waals surface area contributed by atoms with Crippen molar-refractivity contribution in [3.05, 3.63) is 31.4 Å². The van der Waals surface area contributed by atoms with Gasteiger partial charge in [-0.25, -0.2) is 9.97 Å². The molecule has 0 radical (unpaired) electrons. The molecule has 1 N–H and O–H groups in total. The molecular weight excluding hydrogens is 468 g/mol. The van der Waals surface area contributed by atoms with Crippen molar-refractivity contribution in [2.75, 3.05) is 19.0 Å². The highest BCUT2D eigenvalue weighted by Gasteiger charge is 2.16. The van der Waals surface area contributed by atoms with E-state index in [9.17, 15) is 0 Å². The molecule has 0 aromatic carbocycles. The summed E-state index contributed by atoms with van der Waals surface area (Å²) in [5.41, 5.74) is 1.46. The Kier molecular flexibility index (Phi) is 6.09. The maximum Gasteiger partial charge on any atom is 0.181 e. The molecule has 0 spiro atoms. The van der Waals surface area contributed by atoms with Crippen molar-refractivity contribution >= 4 is 53.6 Å². The fraction of sp³-hybridized carbons (Fsp3) is 0.308. The average Bonchev–Trinajstić information content (AvgIpc) is 2.43. The summed E-state index contributed by atoms with van der Waals surface area (Å²) < 4.78 is 7.72. The third-order valence-corrected chi connectivity index (χ3v) is 4.44. The van der Waals surface area contributed by atoms with Gasteiger partial charge < -0.3 is 10.1 Å². The van der Waals surface area contributed by atoms with Crippen LogP contribution in [0.25, 0.3) is 11.5 Å². The second-order valence-electron chi connectivity index (χ2n) is 4.10. The molecule has 8 heteroatoms. The predicted octanol–water partition coefficient (Wildman–Crippen LogP) is 4.40. The quantitative estimate of drug-likeness (QED) is 0.687. The summed E-state index contributed by atoms with van der Waals surface area (Å²) in [5.74, 6) is 1.27. The third-order valence-electron chi connectivity index (χ3n) is 2.56. The highest BCUT2D eigenvalue weighted by atomic mass is 79.9. The summed E-state index contributed by atoms with van der Waals surface area (Å²) >= 11 is 10.4. The molecule has 0 aliphatic carbocycles. The van der Waals surface area contributed by atoms with E-state index in [2.05, 4.69) is 68.1 Å². The summed E-state index contributed by atoms with van der Waals surface area (Å²) in [7, 11) is 1.63. The van der Waals surface area contributed by atoms with Gasteiger partial charge in [-0.05, 0) is 60.8 Å². The molecule has 2 heterocycles. The fourth-order valence-electron chi connectivity index (χ4n) is 1.70. The number of pyridine rings is 1. The van der Waals surface area contributed by atoms with Crippen molar-refractivity contribution in [3.8, 4) is 11.5 Å². The number of hydrogen-bond acceptors (Lipinski definition) is 5. The molecule has 0 bridgehead atoms. The van der Waals surface area contributed by atoms with E-state index >= 15 is 0 Å². The summed E-state index contributed by atoms with van der Waals surface area (Å²) in [4.78, 5) is 13.4. The summed E-state index contributed by atoms with van der Waals surface area (Å²) in [5, 5.41) is 3.21. The molecule has 5 nitrogen and oxygen atoms in total. The van der Waals surface area contributed by atoms with Crippen molar-refractivity contribution in [3.63, 3.8) is 0 Å². The Morgan fingerprint density at radius 3 is 2.62 bits per heavy atom. The van der Waals surface area contributed by atoms with Crippen LogP contribution in [-0.2, 0) is 11.3 Å². The number of methoxy groups -OCH3 is 1. The highest BCUT2D eigenvalue weighted by Crippen LogP contribution is 2.31. The van der Waals surface area contributed by atoms with Gasteiger partial charge in [0.1, 0.15) is 11.5 Å². The lowest BCUT2D eigenvalue weighted by Gasteiger charge is -2.12. The first kappa shape index (κ1) is 16.8. The van der Waals surface area contributed by atoms with E-state index in [1.807, 2.05) is 13.0 Å². The number of ether oxygens (including phenoxy) is 1. The Hall–Kier alpha value is -0.570. The van der Waals surface area contributed by atoms with Crippen LogP contribution in [0.4, 0.5) is 5.82 Å². The molecule has 2 aromatic rings. The number of halogens is 3. The molecule has 0 saturated carbocycles. The largest absolute Gasteiger partial charge is 0.378 e. The van der Waals surface area contributed by atoms with Gasteiger partial charge in [-0.2, -0.15) is 0 Å². The lowest BCUT2D eigenvalue weighted by atomic mass is 10.3. The number of rotatable bonds is 5. The Morgan fingerprint density at radius 1 is 1.24 bits per heavy atom. The van der Waals surface area contributed by atoms with E-state index in [0.717, 1.165) is 31.5 Å². The molecule has 0 saturated heterocycles. The van der Waals surface area contributed by atoms with Gasteiger partial charge >= 0.3 is 0 Å². The minimum Gasteiger partial charge on any atom is -0.378 e. The zero-order valence-corrected chi connectivity index (χ0v) is 16.2. The van der Waals surface area contributed by atoms with Gasteiger partial charge in [0.2, 0.25) is 0 Å². The molecule has 0 fully saturated rings. The average molecular weight is 481 g/mol. The molecule has 0 amide bonds. The standard InChI is InChI=1S/C13H13Br3N4O/c1-3-17-12-10(16)9(6-21-2)19-13(20-12)11-8(15)4-7(14)5-18-11/h4-5H,3,6H2,1-2H3,(H,17,19,20). The summed E-state index contributed by atoms with van der Waals surface area (Å²) in [6.45, 7) is 3.16. The van der Waals surface area contributed by atoms with Crippen LogP contribution in [0.3, 0.4) is 0 Å². The van der Waals surface area contributed by atoms with Crippen molar-refractivity contribution in [2.45, 2.75) is 13.5 Å². The van der Waals surface area contributed by atoms with Crippen LogP contribution < -0.4 is 5.32 Å². The molecule has 0 aliphatic heterocycles. The number of hydrogen-bond donors (Lipinski definition) is 1. The van der Waals surface area contributed by atoms with E-state index in [0.29, 0.717) is 18.1 Å². The fourth-order valence-corrected chi connectivity index (χ4v) is 3.29. The van der Waals surface area contributed by atoms with E-state index in [4.69, 9.17) is 4.74 Å². The number of anilines is 1. The van der Waals surface area contributed by atoms with Gasteiger partial charge in [-0.15, -0.1) is 0 Å². The van der Waals surface area contributed by atoms with E-state index < -0.39 is 0 Å². The molecule has 0 atom stereocenters. The molecule has 21 heavy (non-hydrogen) atoms. The van der Waals surface area contributed by atoms with Crippen molar-refractivity contribution in [1.29, 1.82) is 0 Å². The number of aromatic nitrogens is 3. The molecule has 112 valence electrons. The lowest BCUT2D eigenvalue weighted by molar-refractivity contribution is 0.181. The number of nitrogens with one attached hydrogen (secondary N) is 1. The molecular formula is C13H13Br3N4O. The van der Waals surface area contributed by atoms with Crippen LogP contribution in [0.15, 0.2) is 25.7 Å². The van der Waals surface area contributed by atoms with Crippen LogP contribution in [0.2, 0.25) is 0 Å². The van der Waals surface area contributed by atoms with Gasteiger partial charge in [0.25, 0.3) is 0 Å². The van der Waals surface area contributed by atoms with Crippen molar-refractivity contribution in [2.24, 2.45) is 0 Å². The van der Waals surface area contributed by atoms with Crippen LogP contribution in [-0.4, -0.2) is 28.6 Å². The van der Waals surface area contributed by atoms with Crippen LogP contribution >= 0.6 is 47.8 Å². The Labute approximate surface area is 148 Å². The maximum atomic E-state index is 5.19. The van der Waals surface area contributed by atoms with Crippen LogP contribution in [0.1, 0.15) is 12.6 Å². The van der Waals surface area contributed by atoms with Gasteiger partial charge in [0.15, 0.2) is 5.82 Å². The van der Waals surface area contributed by atoms with Crippen LogP contribution in [0.5, 0.6) is 0 Å². The highest BCUT2D eigenvalue weighted by molar-refractivity contribution is 9.11. The lowest BCUT2D eigenvalue weighted by Crippen LogP contribution is -2.07. The van der Waals surface area contributed by atoms with Gasteiger partial charge in [-0.3, -0.25) is 4.98 Å². The smallest absolute Gasteiger partial charge is 0.181 e. The number of nitrogens with zero attached hydrogens (tertiary/aromatic N) is 3. The monoisotopic (exact) mass is 478 g/mol. The van der Waals surface area contributed by atoms with E-state index in [1.54, 1.807) is 13.3 Å². The molecule has 2 aromatic heterocycles. The first-order valence-corrected chi connectivity index (χ1v) is 8.55. The van der Waals surface area contributed by atoms with Crippen molar-refractivity contribution in [1.82, 2.24) is 15.0 Å². The minimum atomic E-state index is 0.392. The van der Waals surface area contributed by atoms with Gasteiger partial charge in [0, 0.05) is 28.8 Å². The maximum absolute atomic E-state index is 5.19. The van der Waals surface area contributed by atoms with E-state index in [-0.39, 0.29) is 0 Å². The van der Waals surface area contributed by atoms with Crippen LogP contribution in [0, 0.1) is 0 Å².